The number of hydrogen-bond acceptors (Lipinski definition) is 6. The zero-order valence-corrected chi connectivity index (χ0v) is 15.4. The molecule has 24 heavy (non-hydrogen) atoms. The largest absolute Gasteiger partial charge is 0.545 e. The molecular formula is C14H24N2O7S. The second-order valence-electron chi connectivity index (χ2n) is 5.80. The number of carbonyl (C=O) groups excluding carboxylic acids is 2. The molecule has 1 rings (SSSR count). The third kappa shape index (κ3) is 12.5. The lowest BCUT2D eigenvalue weighted by atomic mass is 10.1. The summed E-state index contributed by atoms with van der Waals surface area (Å²) in [6, 6.07) is 1.83. The molecule has 0 aliphatic rings. The highest BCUT2D eigenvalue weighted by atomic mass is 32.2. The maximum Gasteiger partial charge on any atom is 0.294 e. The summed E-state index contributed by atoms with van der Waals surface area (Å²) in [5.74, 6) is -3.54. The quantitative estimate of drug-likeness (QED) is 0.457. The standard InChI is InChI=1S/C8H6O7S.2C3H9N/c9-7(10)4-1-5(8(11)12)3-6(2-4)16(13,14)15;2*1-4(2)3/h1-3H,(H,9,10)(H,11,12)(H,13,14,15);2*1-3H3. The first kappa shape index (κ1) is 24.2. The van der Waals surface area contributed by atoms with Gasteiger partial charge >= 0.3 is 0 Å². The Kier molecular flexibility index (Phi) is 10.8. The van der Waals surface area contributed by atoms with Gasteiger partial charge < -0.3 is 29.6 Å². The molecule has 0 unspecified atom stereocenters. The Morgan fingerprint density at radius 2 is 1.08 bits per heavy atom. The molecule has 0 fully saturated rings. The highest BCUT2D eigenvalue weighted by Crippen LogP contribution is 2.14. The van der Waals surface area contributed by atoms with E-state index in [9.17, 15) is 28.2 Å². The van der Waals surface area contributed by atoms with Gasteiger partial charge in [-0.2, -0.15) is 8.42 Å². The van der Waals surface area contributed by atoms with Crippen LogP contribution in [-0.2, 0) is 10.1 Å². The Morgan fingerprint density at radius 1 is 0.833 bits per heavy atom. The minimum atomic E-state index is -4.70. The Balaban J connectivity index is 0. The first-order valence-corrected chi connectivity index (χ1v) is 8.21. The van der Waals surface area contributed by atoms with Crippen LogP contribution in [0.2, 0.25) is 0 Å². The van der Waals surface area contributed by atoms with Crippen LogP contribution < -0.4 is 20.0 Å². The molecule has 0 radical (unpaired) electrons. The van der Waals surface area contributed by atoms with Gasteiger partial charge in [0.15, 0.2) is 0 Å². The van der Waals surface area contributed by atoms with Crippen LogP contribution in [0.25, 0.3) is 0 Å². The minimum Gasteiger partial charge on any atom is -0.545 e. The van der Waals surface area contributed by atoms with E-state index < -0.39 is 38.1 Å². The van der Waals surface area contributed by atoms with Gasteiger partial charge in [-0.05, 0) is 29.3 Å². The first-order chi connectivity index (χ1) is 10.7. The smallest absolute Gasteiger partial charge is 0.294 e. The average molecular weight is 364 g/mol. The Labute approximate surface area is 141 Å². The second kappa shape index (κ2) is 10.7. The molecule has 0 aliphatic heterocycles. The molecule has 0 heterocycles. The predicted molar refractivity (Wildman–Crippen MR) is 82.4 cm³/mol. The number of carboxylic acids is 2. The van der Waals surface area contributed by atoms with Crippen molar-refractivity contribution in [3.05, 3.63) is 29.3 Å². The molecule has 138 valence electrons. The molecule has 0 amide bonds. The molecule has 1 aromatic rings. The van der Waals surface area contributed by atoms with Crippen molar-refractivity contribution in [1.29, 1.82) is 0 Å². The van der Waals surface area contributed by atoms with Crippen molar-refractivity contribution >= 4 is 22.1 Å². The molecule has 3 N–H and O–H groups in total. The zero-order chi connectivity index (χ0) is 19.7. The molecule has 0 bridgehead atoms. The van der Waals surface area contributed by atoms with Gasteiger partial charge in [0, 0.05) is 0 Å². The van der Waals surface area contributed by atoms with E-state index in [4.69, 9.17) is 4.55 Å². The molecule has 0 atom stereocenters. The molecule has 0 spiro atoms. The number of hydrogen-bond donors (Lipinski definition) is 3. The number of carboxylic acid groups (broad SMARTS) is 2. The summed E-state index contributed by atoms with van der Waals surface area (Å²) in [6.07, 6.45) is 0. The Bertz CT molecular complexity index is 611. The highest BCUT2D eigenvalue weighted by Gasteiger charge is 2.13. The maximum atomic E-state index is 10.7. The number of rotatable bonds is 3. The van der Waals surface area contributed by atoms with Crippen LogP contribution in [0.15, 0.2) is 23.1 Å². The molecule has 0 aliphatic carbocycles. The third-order valence-electron chi connectivity index (χ3n) is 1.68. The topological polar surface area (TPSA) is 144 Å². The fourth-order valence-electron chi connectivity index (χ4n) is 0.984. The average Bonchev–Trinajstić information content (AvgIpc) is 2.35. The van der Waals surface area contributed by atoms with E-state index in [2.05, 4.69) is 42.3 Å². The highest BCUT2D eigenvalue weighted by molar-refractivity contribution is 7.85. The van der Waals surface area contributed by atoms with Crippen LogP contribution in [-0.4, -0.2) is 67.2 Å². The van der Waals surface area contributed by atoms with Crippen LogP contribution in [0, 0.1) is 0 Å². The lowest BCUT2D eigenvalue weighted by molar-refractivity contribution is -0.836. The monoisotopic (exact) mass is 364 g/mol. The van der Waals surface area contributed by atoms with Crippen molar-refractivity contribution < 1.29 is 42.6 Å². The van der Waals surface area contributed by atoms with Gasteiger partial charge in [-0.25, -0.2) is 0 Å². The summed E-state index contributed by atoms with van der Waals surface area (Å²) < 4.78 is 30.1. The van der Waals surface area contributed by atoms with Crippen LogP contribution >= 0.6 is 0 Å². The Hall–Kier alpha value is -2.01. The molecule has 10 heteroatoms. The van der Waals surface area contributed by atoms with Crippen molar-refractivity contribution in [1.82, 2.24) is 0 Å². The number of carbonyl (C=O) groups is 2. The number of quaternary nitrogens is 2. The first-order valence-electron chi connectivity index (χ1n) is 6.77. The van der Waals surface area contributed by atoms with E-state index in [1.54, 1.807) is 0 Å². The summed E-state index contributed by atoms with van der Waals surface area (Å²) in [5.41, 5.74) is -1.37. The van der Waals surface area contributed by atoms with Crippen molar-refractivity contribution in [2.75, 3.05) is 42.3 Å². The summed E-state index contributed by atoms with van der Waals surface area (Å²) in [6.45, 7) is 0. The maximum absolute atomic E-state index is 10.7. The SMILES string of the molecule is C[NH+](C)C.C[NH+](C)C.O=C([O-])c1cc(C(=O)[O-])cc(S(=O)(=O)O)c1. The van der Waals surface area contributed by atoms with Crippen LogP contribution in [0.5, 0.6) is 0 Å². The van der Waals surface area contributed by atoms with Gasteiger partial charge in [-0.1, -0.05) is 0 Å². The van der Waals surface area contributed by atoms with Gasteiger partial charge in [0.1, 0.15) is 0 Å². The lowest BCUT2D eigenvalue weighted by Gasteiger charge is -2.09. The van der Waals surface area contributed by atoms with Gasteiger partial charge in [-0.3, -0.25) is 4.55 Å². The van der Waals surface area contributed by atoms with E-state index in [1.165, 1.54) is 9.80 Å². The third-order valence-corrected chi connectivity index (χ3v) is 2.51. The van der Waals surface area contributed by atoms with E-state index in [-0.39, 0.29) is 0 Å². The second-order valence-corrected chi connectivity index (χ2v) is 7.22. The molecule has 1 aromatic carbocycles. The van der Waals surface area contributed by atoms with Crippen molar-refractivity contribution in [3.8, 4) is 0 Å². The van der Waals surface area contributed by atoms with Gasteiger partial charge in [0.2, 0.25) is 0 Å². The van der Waals surface area contributed by atoms with E-state index in [0.29, 0.717) is 18.2 Å². The van der Waals surface area contributed by atoms with Crippen molar-refractivity contribution in [3.63, 3.8) is 0 Å². The summed E-state index contributed by atoms with van der Waals surface area (Å²) in [7, 11) is 7.80. The van der Waals surface area contributed by atoms with Crippen LogP contribution in [0.4, 0.5) is 0 Å². The normalized spacial score (nSPS) is 10.4. The fourth-order valence-corrected chi connectivity index (χ4v) is 1.54. The van der Waals surface area contributed by atoms with E-state index in [0.717, 1.165) is 0 Å². The molecule has 0 saturated carbocycles. The van der Waals surface area contributed by atoms with Crippen molar-refractivity contribution in [2.24, 2.45) is 0 Å². The van der Waals surface area contributed by atoms with Crippen LogP contribution in [0.1, 0.15) is 20.7 Å². The van der Waals surface area contributed by atoms with Gasteiger partial charge in [0.05, 0.1) is 59.1 Å². The fraction of sp³-hybridized carbons (Fsp3) is 0.429. The van der Waals surface area contributed by atoms with E-state index >= 15 is 0 Å². The minimum absolute atomic E-state index is 0.580. The molecule has 0 aromatic heterocycles. The molecule has 9 nitrogen and oxygen atoms in total. The van der Waals surface area contributed by atoms with Gasteiger partial charge in [-0.15, -0.1) is 0 Å². The lowest BCUT2D eigenvalue weighted by Crippen LogP contribution is -3.02. The molecular weight excluding hydrogens is 340 g/mol. The van der Waals surface area contributed by atoms with E-state index in [1.807, 2.05) is 0 Å². The number of benzene rings is 1. The van der Waals surface area contributed by atoms with Crippen molar-refractivity contribution in [2.45, 2.75) is 4.90 Å². The zero-order valence-electron chi connectivity index (χ0n) is 14.5. The Morgan fingerprint density at radius 3 is 1.25 bits per heavy atom. The summed E-state index contributed by atoms with van der Waals surface area (Å²) in [5, 5.41) is 20.9. The van der Waals surface area contributed by atoms with Gasteiger partial charge in [0.25, 0.3) is 10.1 Å². The summed E-state index contributed by atoms with van der Waals surface area (Å²) >= 11 is 0. The predicted octanol–water partition coefficient (Wildman–Crippen LogP) is -4.82. The van der Waals surface area contributed by atoms with Crippen LogP contribution in [0.3, 0.4) is 0 Å². The number of aromatic carboxylic acids is 2. The number of nitrogens with one attached hydrogen (secondary N) is 2. The molecule has 0 saturated heterocycles. The summed E-state index contributed by atoms with van der Waals surface area (Å²) in [4.78, 5) is 22.9.